The van der Waals surface area contributed by atoms with Crippen LogP contribution in [-0.2, 0) is 19.6 Å². The molecule has 0 aromatic carbocycles. The van der Waals surface area contributed by atoms with Crippen LogP contribution in [-0.4, -0.2) is 78.6 Å². The van der Waals surface area contributed by atoms with Crippen LogP contribution in [0.25, 0.3) is 0 Å². The van der Waals surface area contributed by atoms with Gasteiger partial charge in [-0.25, -0.2) is 17.2 Å². The summed E-state index contributed by atoms with van der Waals surface area (Å²) < 4.78 is 102. The van der Waals surface area contributed by atoms with Crippen LogP contribution >= 0.6 is 11.6 Å². The normalized spacial score (nSPS) is 40.9. The SMILES string of the molecule is O=C(NC1CCC2OC(CC(F)(F)F)CN(S(=O)(=O)C3CCC(F)CC3)C2C1)C1C(F)CCCC1Cl. The Morgan fingerprint density at radius 1 is 1.03 bits per heavy atom. The molecule has 0 spiro atoms. The summed E-state index contributed by atoms with van der Waals surface area (Å²) in [7, 11) is -4.03. The molecule has 4 rings (SSSR count). The van der Waals surface area contributed by atoms with Crippen LogP contribution in [0.3, 0.4) is 0 Å². The number of fused-ring (bicyclic) bond motifs is 1. The zero-order valence-corrected chi connectivity index (χ0v) is 21.5. The highest BCUT2D eigenvalue weighted by molar-refractivity contribution is 7.89. The maximum Gasteiger partial charge on any atom is 0.391 e. The number of sulfonamides is 1. The molecule has 1 aliphatic heterocycles. The highest BCUT2D eigenvalue weighted by atomic mass is 35.5. The van der Waals surface area contributed by atoms with Crippen molar-refractivity contribution in [1.29, 1.82) is 0 Å². The average molecular weight is 565 g/mol. The monoisotopic (exact) mass is 564 g/mol. The molecule has 3 saturated carbocycles. The largest absolute Gasteiger partial charge is 0.391 e. The van der Waals surface area contributed by atoms with Crippen LogP contribution in [0.1, 0.15) is 70.6 Å². The van der Waals surface area contributed by atoms with E-state index in [-0.39, 0.29) is 44.9 Å². The number of nitrogens with one attached hydrogen (secondary N) is 1. The van der Waals surface area contributed by atoms with Gasteiger partial charge in [0.1, 0.15) is 12.3 Å². The molecule has 4 aliphatic rings. The van der Waals surface area contributed by atoms with E-state index in [1.54, 1.807) is 0 Å². The van der Waals surface area contributed by atoms with Crippen LogP contribution in [0.4, 0.5) is 22.0 Å². The van der Waals surface area contributed by atoms with Gasteiger partial charge in [0.05, 0.1) is 35.8 Å². The number of hydrogen-bond acceptors (Lipinski definition) is 4. The van der Waals surface area contributed by atoms with E-state index in [2.05, 4.69) is 5.32 Å². The number of carbonyl (C=O) groups excluding carboxylic acids is 1. The first-order valence-corrected chi connectivity index (χ1v) is 14.7. The maximum atomic E-state index is 14.4. The lowest BCUT2D eigenvalue weighted by molar-refractivity contribution is -0.190. The van der Waals surface area contributed by atoms with Crippen LogP contribution in [0.2, 0.25) is 0 Å². The Hall–Kier alpha value is -0.720. The van der Waals surface area contributed by atoms with Crippen LogP contribution in [0.5, 0.6) is 0 Å². The number of halogens is 6. The highest BCUT2D eigenvalue weighted by Gasteiger charge is 2.50. The van der Waals surface area contributed by atoms with Crippen molar-refractivity contribution in [3.05, 3.63) is 0 Å². The molecule has 1 saturated heterocycles. The van der Waals surface area contributed by atoms with Crippen molar-refractivity contribution >= 4 is 27.5 Å². The van der Waals surface area contributed by atoms with Crippen molar-refractivity contribution in [2.75, 3.05) is 6.54 Å². The third kappa shape index (κ3) is 6.46. The first kappa shape index (κ1) is 28.3. The van der Waals surface area contributed by atoms with E-state index in [1.165, 1.54) is 0 Å². The topological polar surface area (TPSA) is 75.7 Å². The van der Waals surface area contributed by atoms with E-state index in [0.717, 1.165) is 4.31 Å². The van der Waals surface area contributed by atoms with Gasteiger partial charge in [0.2, 0.25) is 15.9 Å². The van der Waals surface area contributed by atoms with Gasteiger partial charge < -0.3 is 10.1 Å². The molecular formula is C23H34ClF5N2O4S. The summed E-state index contributed by atoms with van der Waals surface area (Å²) in [5.74, 6) is -1.51. The van der Waals surface area contributed by atoms with Crippen molar-refractivity contribution in [1.82, 2.24) is 9.62 Å². The number of ether oxygens (including phenoxy) is 1. The predicted molar refractivity (Wildman–Crippen MR) is 124 cm³/mol. The van der Waals surface area contributed by atoms with Gasteiger partial charge in [0.25, 0.3) is 0 Å². The second-order valence-corrected chi connectivity index (χ2v) is 13.4. The summed E-state index contributed by atoms with van der Waals surface area (Å²) in [6, 6.07) is -1.25. The molecule has 7 atom stereocenters. The molecule has 208 valence electrons. The lowest BCUT2D eigenvalue weighted by Crippen LogP contribution is -2.63. The Bertz CT molecular complexity index is 876. The molecule has 0 radical (unpaired) electrons. The molecule has 0 aromatic rings. The van der Waals surface area contributed by atoms with Gasteiger partial charge in [0, 0.05) is 18.0 Å². The lowest BCUT2D eigenvalue weighted by atomic mass is 9.84. The Morgan fingerprint density at radius 2 is 1.72 bits per heavy atom. The fourth-order valence-electron chi connectivity index (χ4n) is 6.23. The van der Waals surface area contributed by atoms with E-state index in [0.29, 0.717) is 19.3 Å². The minimum atomic E-state index is -4.52. The summed E-state index contributed by atoms with van der Waals surface area (Å²) in [5.41, 5.74) is 0. The van der Waals surface area contributed by atoms with Crippen molar-refractivity contribution in [2.45, 2.75) is 124 Å². The average Bonchev–Trinajstić information content (AvgIpc) is 2.78. The van der Waals surface area contributed by atoms with E-state index in [1.807, 2.05) is 0 Å². The van der Waals surface area contributed by atoms with E-state index < -0.39 is 88.3 Å². The zero-order chi connectivity index (χ0) is 26.3. The number of amides is 1. The first-order valence-electron chi connectivity index (χ1n) is 12.8. The Kier molecular flexibility index (Phi) is 8.78. The van der Waals surface area contributed by atoms with Crippen molar-refractivity contribution in [3.8, 4) is 0 Å². The van der Waals surface area contributed by atoms with Gasteiger partial charge in [-0.15, -0.1) is 11.6 Å². The molecule has 0 bridgehead atoms. The zero-order valence-electron chi connectivity index (χ0n) is 19.9. The number of hydrogen-bond donors (Lipinski definition) is 1. The number of rotatable bonds is 5. The molecule has 13 heteroatoms. The van der Waals surface area contributed by atoms with Gasteiger partial charge in [-0.3, -0.25) is 4.79 Å². The fourth-order valence-corrected chi connectivity index (χ4v) is 8.88. The van der Waals surface area contributed by atoms with Crippen LogP contribution < -0.4 is 5.32 Å². The summed E-state index contributed by atoms with van der Waals surface area (Å²) in [4.78, 5) is 12.9. The first-order chi connectivity index (χ1) is 16.8. The summed E-state index contributed by atoms with van der Waals surface area (Å²) in [5, 5.41) is 1.32. The van der Waals surface area contributed by atoms with E-state index in [4.69, 9.17) is 16.3 Å². The minimum absolute atomic E-state index is 0.0956. The van der Waals surface area contributed by atoms with Gasteiger partial charge in [-0.2, -0.15) is 17.5 Å². The molecule has 36 heavy (non-hydrogen) atoms. The molecule has 1 amide bonds. The van der Waals surface area contributed by atoms with Crippen molar-refractivity contribution < 1.29 is 39.9 Å². The predicted octanol–water partition coefficient (Wildman–Crippen LogP) is 4.40. The van der Waals surface area contributed by atoms with Crippen molar-refractivity contribution in [3.63, 3.8) is 0 Å². The van der Waals surface area contributed by atoms with E-state index >= 15 is 0 Å². The third-order valence-electron chi connectivity index (χ3n) is 8.07. The Labute approximate surface area is 213 Å². The maximum absolute atomic E-state index is 14.4. The van der Waals surface area contributed by atoms with Crippen LogP contribution in [0.15, 0.2) is 0 Å². The standard InChI is InChI=1S/C23H34ClF5N2O4S/c24-17-2-1-3-18(26)21(17)22(32)30-14-6-9-20-19(10-14)31(12-15(35-20)11-23(27,28)29)36(33,34)16-7-4-13(25)5-8-16/h13-21H,1-12H2,(H,30,32). The van der Waals surface area contributed by atoms with Gasteiger partial charge in [-0.1, -0.05) is 0 Å². The van der Waals surface area contributed by atoms with Gasteiger partial charge in [0.15, 0.2) is 0 Å². The molecule has 7 unspecified atom stereocenters. The molecular weight excluding hydrogens is 531 g/mol. The van der Waals surface area contributed by atoms with Crippen molar-refractivity contribution in [2.24, 2.45) is 5.92 Å². The number of carbonyl (C=O) groups is 1. The molecule has 6 nitrogen and oxygen atoms in total. The third-order valence-corrected chi connectivity index (χ3v) is 11.0. The highest BCUT2D eigenvalue weighted by Crippen LogP contribution is 2.39. The summed E-state index contributed by atoms with van der Waals surface area (Å²) in [6.45, 7) is -0.446. The quantitative estimate of drug-likeness (QED) is 0.397. The number of morpholine rings is 1. The minimum Gasteiger partial charge on any atom is -0.372 e. The smallest absolute Gasteiger partial charge is 0.372 e. The lowest BCUT2D eigenvalue weighted by Gasteiger charge is -2.49. The van der Waals surface area contributed by atoms with Gasteiger partial charge >= 0.3 is 6.18 Å². The summed E-state index contributed by atoms with van der Waals surface area (Å²) in [6.07, 6.45) is -7.78. The molecule has 0 aromatic heterocycles. The molecule has 1 N–H and O–H groups in total. The number of alkyl halides is 6. The number of nitrogens with zero attached hydrogens (tertiary/aromatic N) is 1. The Balaban J connectivity index is 1.50. The van der Waals surface area contributed by atoms with Gasteiger partial charge in [-0.05, 0) is 64.2 Å². The second-order valence-electron chi connectivity index (χ2n) is 10.7. The second kappa shape index (κ2) is 11.2. The fraction of sp³-hybridized carbons (Fsp3) is 0.957. The molecule has 4 fully saturated rings. The van der Waals surface area contributed by atoms with E-state index in [9.17, 15) is 35.2 Å². The Morgan fingerprint density at radius 3 is 2.36 bits per heavy atom. The van der Waals surface area contributed by atoms with Crippen LogP contribution in [0, 0.1) is 5.92 Å². The summed E-state index contributed by atoms with van der Waals surface area (Å²) >= 11 is 6.22. The molecule has 1 heterocycles. The molecule has 3 aliphatic carbocycles.